The predicted octanol–water partition coefficient (Wildman–Crippen LogP) is 2.51. The molecule has 7 heteroatoms. The summed E-state index contributed by atoms with van der Waals surface area (Å²) in [5.74, 6) is 1.25. The number of carbonyl (C=O) groups excluding carboxylic acids is 1. The molecule has 1 saturated heterocycles. The Balaban J connectivity index is 1.92. The fourth-order valence-corrected chi connectivity index (χ4v) is 6.97. The second kappa shape index (κ2) is 6.93. The van der Waals surface area contributed by atoms with Crippen LogP contribution in [0, 0.1) is 33.6 Å². The zero-order valence-corrected chi connectivity index (χ0v) is 16.9. The fraction of sp³-hybridized carbons (Fsp3) is 0.611. The van der Waals surface area contributed by atoms with Gasteiger partial charge in [0.1, 0.15) is 6.04 Å². The second-order valence-corrected chi connectivity index (χ2v) is 10.0. The molecule has 1 aliphatic heterocycles. The highest BCUT2D eigenvalue weighted by Gasteiger charge is 2.41. The molecular weight excluding hydrogens is 356 g/mol. The third kappa shape index (κ3) is 3.59. The van der Waals surface area contributed by atoms with Gasteiger partial charge < -0.3 is 5.32 Å². The molecule has 1 unspecified atom stereocenters. The van der Waals surface area contributed by atoms with E-state index in [0.717, 1.165) is 35.1 Å². The van der Waals surface area contributed by atoms with Crippen LogP contribution in [0.4, 0.5) is 0 Å². The van der Waals surface area contributed by atoms with Gasteiger partial charge in [-0.3, -0.25) is 4.79 Å². The monoisotopic (exact) mass is 382 g/mol. The smallest absolute Gasteiger partial charge is 0.245 e. The van der Waals surface area contributed by atoms with E-state index in [9.17, 15) is 13.2 Å². The molecule has 1 saturated carbocycles. The molecule has 138 valence electrons. The first kappa shape index (κ1) is 18.7. The van der Waals surface area contributed by atoms with Gasteiger partial charge in [-0.1, -0.05) is 6.07 Å². The zero-order chi connectivity index (χ0) is 18.4. The van der Waals surface area contributed by atoms with Crippen molar-refractivity contribution in [2.24, 2.45) is 5.92 Å². The van der Waals surface area contributed by atoms with E-state index >= 15 is 0 Å². The van der Waals surface area contributed by atoms with Crippen molar-refractivity contribution in [3.63, 3.8) is 0 Å². The zero-order valence-electron chi connectivity index (χ0n) is 15.3. The normalized spacial score (nSPS) is 21.5. The summed E-state index contributed by atoms with van der Waals surface area (Å²) in [4.78, 5) is 12.9. The Morgan fingerprint density at radius 1 is 1.20 bits per heavy atom. The highest BCUT2D eigenvalue weighted by molar-refractivity contribution is 8.00. The predicted molar refractivity (Wildman–Crippen MR) is 101 cm³/mol. The summed E-state index contributed by atoms with van der Waals surface area (Å²) < 4.78 is 28.1. The van der Waals surface area contributed by atoms with Crippen molar-refractivity contribution < 1.29 is 13.2 Å². The Hall–Kier alpha value is -1.05. The van der Waals surface area contributed by atoms with Crippen LogP contribution in [0.5, 0.6) is 0 Å². The number of nitrogens with zero attached hydrogens (tertiary/aromatic N) is 1. The average molecular weight is 383 g/mol. The lowest BCUT2D eigenvalue weighted by Gasteiger charge is -2.25. The molecule has 1 aliphatic carbocycles. The number of sulfonamides is 1. The van der Waals surface area contributed by atoms with Crippen molar-refractivity contribution >= 4 is 27.7 Å². The minimum absolute atomic E-state index is 0.167. The highest BCUT2D eigenvalue weighted by atomic mass is 32.2. The van der Waals surface area contributed by atoms with Crippen molar-refractivity contribution in [1.82, 2.24) is 9.62 Å². The lowest BCUT2D eigenvalue weighted by Crippen LogP contribution is -2.47. The Morgan fingerprint density at radius 2 is 1.80 bits per heavy atom. The molecule has 0 radical (unpaired) electrons. The van der Waals surface area contributed by atoms with Gasteiger partial charge in [-0.2, -0.15) is 4.31 Å². The number of carbonyl (C=O) groups is 1. The van der Waals surface area contributed by atoms with Crippen molar-refractivity contribution in [3.05, 3.63) is 28.3 Å². The van der Waals surface area contributed by atoms with Crippen molar-refractivity contribution in [1.29, 1.82) is 0 Å². The number of aryl methyl sites for hydroxylation is 2. The fourth-order valence-electron chi connectivity index (χ4n) is 3.24. The average Bonchev–Trinajstić information content (AvgIpc) is 3.23. The molecule has 25 heavy (non-hydrogen) atoms. The quantitative estimate of drug-likeness (QED) is 0.850. The maximum absolute atomic E-state index is 13.4. The van der Waals surface area contributed by atoms with Crippen LogP contribution >= 0.6 is 11.8 Å². The molecule has 0 spiro atoms. The van der Waals surface area contributed by atoms with Gasteiger partial charge in [-0.15, -0.1) is 11.8 Å². The van der Waals surface area contributed by atoms with E-state index in [0.29, 0.717) is 29.0 Å². The molecule has 1 atom stereocenters. The van der Waals surface area contributed by atoms with Crippen LogP contribution in [0.2, 0.25) is 0 Å². The molecule has 2 fully saturated rings. The summed E-state index contributed by atoms with van der Waals surface area (Å²) in [6, 6.07) is 1.40. The molecule has 1 aromatic rings. The highest BCUT2D eigenvalue weighted by Crippen LogP contribution is 2.34. The Bertz CT molecular complexity index is 775. The molecule has 1 aromatic carbocycles. The van der Waals surface area contributed by atoms with E-state index < -0.39 is 16.1 Å². The first-order valence-electron chi connectivity index (χ1n) is 8.68. The SMILES string of the molecule is Cc1cc(C)c(C)c(S(=O)(=O)N2CSCC2C(=O)NCC2CC2)c1C. The maximum Gasteiger partial charge on any atom is 0.245 e. The van der Waals surface area contributed by atoms with Crippen molar-refractivity contribution in [2.45, 2.75) is 51.5 Å². The van der Waals surface area contributed by atoms with E-state index in [2.05, 4.69) is 5.32 Å². The van der Waals surface area contributed by atoms with Gasteiger partial charge in [-0.25, -0.2) is 8.42 Å². The third-order valence-electron chi connectivity index (χ3n) is 5.27. The van der Waals surface area contributed by atoms with E-state index in [4.69, 9.17) is 0 Å². The van der Waals surface area contributed by atoms with Crippen LogP contribution in [-0.4, -0.2) is 42.8 Å². The van der Waals surface area contributed by atoms with Crippen LogP contribution in [0.15, 0.2) is 11.0 Å². The van der Waals surface area contributed by atoms with E-state index in [1.165, 1.54) is 16.1 Å². The summed E-state index contributed by atoms with van der Waals surface area (Å²) in [5, 5.41) is 2.93. The van der Waals surface area contributed by atoms with Gasteiger partial charge in [0.25, 0.3) is 0 Å². The summed E-state index contributed by atoms with van der Waals surface area (Å²) in [6.45, 7) is 8.22. The standard InChI is InChI=1S/C18H26N2O3S2/c1-11-7-12(2)14(4)17(13(11)3)25(22,23)20-10-24-9-16(20)18(21)19-8-15-5-6-15/h7,15-16H,5-6,8-10H2,1-4H3,(H,19,21). The maximum atomic E-state index is 13.4. The van der Waals surface area contributed by atoms with E-state index in [1.807, 2.05) is 33.8 Å². The van der Waals surface area contributed by atoms with Crippen LogP contribution in [0.3, 0.4) is 0 Å². The number of thioether (sulfide) groups is 1. The summed E-state index contributed by atoms with van der Waals surface area (Å²) in [6.07, 6.45) is 2.31. The minimum Gasteiger partial charge on any atom is -0.354 e. The Kier molecular flexibility index (Phi) is 5.19. The lowest BCUT2D eigenvalue weighted by molar-refractivity contribution is -0.123. The van der Waals surface area contributed by atoms with Crippen LogP contribution in [0.25, 0.3) is 0 Å². The number of hydrogen-bond acceptors (Lipinski definition) is 4. The van der Waals surface area contributed by atoms with Crippen LogP contribution < -0.4 is 5.32 Å². The van der Waals surface area contributed by atoms with Gasteiger partial charge in [-0.05, 0) is 68.7 Å². The first-order valence-corrected chi connectivity index (χ1v) is 11.3. The summed E-state index contributed by atoms with van der Waals surface area (Å²) in [7, 11) is -3.71. The molecular formula is C18H26N2O3S2. The Labute approximate surface area is 154 Å². The van der Waals surface area contributed by atoms with Gasteiger partial charge in [0.2, 0.25) is 15.9 Å². The number of hydrogen-bond donors (Lipinski definition) is 1. The van der Waals surface area contributed by atoms with E-state index in [1.54, 1.807) is 0 Å². The number of amides is 1. The van der Waals surface area contributed by atoms with Gasteiger partial charge in [0, 0.05) is 12.3 Å². The number of benzene rings is 1. The van der Waals surface area contributed by atoms with E-state index in [-0.39, 0.29) is 5.91 Å². The minimum atomic E-state index is -3.71. The largest absolute Gasteiger partial charge is 0.354 e. The van der Waals surface area contributed by atoms with Crippen molar-refractivity contribution in [2.75, 3.05) is 18.2 Å². The third-order valence-corrected chi connectivity index (χ3v) is 8.58. The molecule has 1 heterocycles. The van der Waals surface area contributed by atoms with Crippen LogP contribution in [-0.2, 0) is 14.8 Å². The van der Waals surface area contributed by atoms with Crippen molar-refractivity contribution in [3.8, 4) is 0 Å². The summed E-state index contributed by atoms with van der Waals surface area (Å²) in [5.41, 5.74) is 3.47. The Morgan fingerprint density at radius 3 is 2.36 bits per heavy atom. The number of rotatable bonds is 5. The topological polar surface area (TPSA) is 66.5 Å². The second-order valence-electron chi connectivity index (χ2n) is 7.19. The van der Waals surface area contributed by atoms with Gasteiger partial charge in [0.05, 0.1) is 10.8 Å². The van der Waals surface area contributed by atoms with Gasteiger partial charge in [0.15, 0.2) is 0 Å². The molecule has 1 N–H and O–H groups in total. The summed E-state index contributed by atoms with van der Waals surface area (Å²) >= 11 is 1.50. The molecule has 0 aromatic heterocycles. The lowest BCUT2D eigenvalue weighted by atomic mass is 10.0. The molecule has 5 nitrogen and oxygen atoms in total. The molecule has 1 amide bonds. The molecule has 0 bridgehead atoms. The van der Waals surface area contributed by atoms with Gasteiger partial charge >= 0.3 is 0 Å². The van der Waals surface area contributed by atoms with Crippen LogP contribution in [0.1, 0.15) is 35.1 Å². The number of nitrogens with one attached hydrogen (secondary N) is 1. The molecule has 3 rings (SSSR count). The first-order chi connectivity index (χ1) is 11.7. The molecule has 2 aliphatic rings.